The lowest BCUT2D eigenvalue weighted by Gasteiger charge is -2.20. The van der Waals surface area contributed by atoms with E-state index in [1.165, 1.54) is 22.9 Å². The molecular weight excluding hydrogens is 534 g/mol. The third-order valence-electron chi connectivity index (χ3n) is 5.55. The van der Waals surface area contributed by atoms with Crippen molar-refractivity contribution in [3.63, 3.8) is 0 Å². The summed E-state index contributed by atoms with van der Waals surface area (Å²) in [6, 6.07) is 10.3. The van der Waals surface area contributed by atoms with Gasteiger partial charge in [0.2, 0.25) is 5.78 Å². The topological polar surface area (TPSA) is 119 Å². The fraction of sp³-hybridized carbons (Fsp3) is 0.400. The highest BCUT2D eigenvalue weighted by Crippen LogP contribution is 2.30. The number of fused-ring (bicyclic) bond motifs is 1. The lowest BCUT2D eigenvalue weighted by Crippen LogP contribution is -2.37. The van der Waals surface area contributed by atoms with Gasteiger partial charge in [0.1, 0.15) is 11.3 Å². The number of ketones is 1. The summed E-state index contributed by atoms with van der Waals surface area (Å²) in [5.74, 6) is 1.46. The molecule has 12 heteroatoms. The van der Waals surface area contributed by atoms with Gasteiger partial charge in [0.25, 0.3) is 17.5 Å². The van der Waals surface area contributed by atoms with Crippen LogP contribution in [-0.4, -0.2) is 64.9 Å². The predicted molar refractivity (Wildman–Crippen MR) is 148 cm³/mol. The molecule has 1 N–H and O–H groups in total. The second-order valence-corrected chi connectivity index (χ2v) is 12.1. The molecule has 1 heterocycles. The number of benzene rings is 2. The third kappa shape index (κ3) is 8.41. The number of thioether (sulfide) groups is 1. The minimum absolute atomic E-state index is 0.0436. The molecule has 1 aliphatic heterocycles. The molecule has 0 unspecified atom stereocenters. The van der Waals surface area contributed by atoms with E-state index in [0.29, 0.717) is 43.1 Å². The van der Waals surface area contributed by atoms with E-state index < -0.39 is 16.7 Å². The summed E-state index contributed by atoms with van der Waals surface area (Å²) in [6.45, 7) is 3.01. The van der Waals surface area contributed by atoms with Crippen LogP contribution < -0.4 is 10.1 Å². The summed E-state index contributed by atoms with van der Waals surface area (Å²) >= 11 is 1.67. The van der Waals surface area contributed by atoms with E-state index in [1.54, 1.807) is 47.6 Å². The second-order valence-electron chi connectivity index (χ2n) is 8.25. The van der Waals surface area contributed by atoms with E-state index in [4.69, 9.17) is 4.74 Å². The number of nitro benzene ring substituents is 1. The molecule has 0 atom stereocenters. The Morgan fingerprint density at radius 3 is 2.70 bits per heavy atom. The number of rotatable bonds is 12. The average molecular weight is 564 g/mol. The number of hydrogen-bond donors (Lipinski definition) is 1. The summed E-state index contributed by atoms with van der Waals surface area (Å²) < 4.78 is 5.28. The number of aryl methyl sites for hydroxylation is 1. The molecule has 2 aromatic carbocycles. The van der Waals surface area contributed by atoms with E-state index >= 15 is 0 Å². The first-order valence-corrected chi connectivity index (χ1v) is 15.2. The Labute approximate surface area is 228 Å². The summed E-state index contributed by atoms with van der Waals surface area (Å²) in [4.78, 5) is 50.9. The van der Waals surface area contributed by atoms with Crippen LogP contribution in [0.4, 0.5) is 5.69 Å². The molecule has 0 saturated heterocycles. The first-order valence-electron chi connectivity index (χ1n) is 11.7. The predicted octanol–water partition coefficient (Wildman–Crippen LogP) is 4.51. The van der Waals surface area contributed by atoms with Crippen molar-refractivity contribution < 1.29 is 24.0 Å². The van der Waals surface area contributed by atoms with Crippen LogP contribution in [0.15, 0.2) is 41.3 Å². The monoisotopic (exact) mass is 563 g/mol. The van der Waals surface area contributed by atoms with Gasteiger partial charge in [-0.2, -0.15) is 0 Å². The number of amides is 2. The number of nitrogens with zero attached hydrogens (tertiary/aromatic N) is 2. The van der Waals surface area contributed by atoms with Gasteiger partial charge in [-0.1, -0.05) is 27.7 Å². The van der Waals surface area contributed by atoms with Gasteiger partial charge in [-0.25, -0.2) is 0 Å². The minimum Gasteiger partial charge on any atom is -0.497 e. The zero-order valence-corrected chi connectivity index (χ0v) is 23.1. The lowest BCUT2D eigenvalue weighted by molar-refractivity contribution is -0.385. The SMILES string of the molecule is COc1ccc2c(c1)CN(C(=O)C(=O)CCCSSCCNC(=O)c1ccc(C)cc1[N+](=O)[O-])CCS2. The number of carbonyl (C=O) groups excluding carboxylic acids is 3. The van der Waals surface area contributed by atoms with Gasteiger partial charge in [-0.05, 0) is 48.7 Å². The normalized spacial score (nSPS) is 12.9. The molecule has 0 fully saturated rings. The van der Waals surface area contributed by atoms with Crippen molar-refractivity contribution >= 4 is 56.6 Å². The molecule has 2 amide bonds. The Morgan fingerprint density at radius 2 is 1.95 bits per heavy atom. The summed E-state index contributed by atoms with van der Waals surface area (Å²) in [5, 5.41) is 13.9. The van der Waals surface area contributed by atoms with Crippen molar-refractivity contribution in [2.45, 2.75) is 31.2 Å². The highest BCUT2D eigenvalue weighted by molar-refractivity contribution is 8.76. The number of ether oxygens (including phenoxy) is 1. The molecular formula is C25H29N3O6S3. The quantitative estimate of drug-likeness (QED) is 0.131. The maximum Gasteiger partial charge on any atom is 0.290 e. The third-order valence-corrected chi connectivity index (χ3v) is 9.14. The van der Waals surface area contributed by atoms with Crippen LogP contribution in [0.3, 0.4) is 0 Å². The standard InChI is InChI=1S/C25H29N3O6S3/c1-17-5-7-20(21(14-17)28(32)33)24(30)26-9-12-37-36-11-3-4-22(29)25(31)27-10-13-35-23-8-6-19(34-2)15-18(23)16-27/h5-8,14-15H,3-4,9-13,16H2,1-2H3,(H,26,30). The zero-order chi connectivity index (χ0) is 26.8. The molecule has 0 aromatic heterocycles. The minimum atomic E-state index is -0.555. The van der Waals surface area contributed by atoms with Crippen molar-refractivity contribution in [2.24, 2.45) is 0 Å². The first-order chi connectivity index (χ1) is 17.8. The van der Waals surface area contributed by atoms with Crippen LogP contribution >= 0.6 is 33.3 Å². The number of hydrogen-bond acceptors (Lipinski definition) is 9. The van der Waals surface area contributed by atoms with Crippen LogP contribution in [0.25, 0.3) is 0 Å². The Kier molecular flexibility index (Phi) is 11.2. The summed E-state index contributed by atoms with van der Waals surface area (Å²) in [7, 11) is 4.70. The number of nitro groups is 1. The maximum absolute atomic E-state index is 12.7. The van der Waals surface area contributed by atoms with E-state index in [0.717, 1.165) is 22.0 Å². The average Bonchev–Trinajstić information content (AvgIpc) is 3.11. The number of Topliss-reactive ketones (excluding diaryl/α,β-unsaturated/α-hetero) is 1. The Bertz CT molecular complexity index is 1160. The van der Waals surface area contributed by atoms with Crippen LogP contribution in [0, 0.1) is 17.0 Å². The van der Waals surface area contributed by atoms with E-state index in [-0.39, 0.29) is 23.5 Å². The molecule has 37 heavy (non-hydrogen) atoms. The highest BCUT2D eigenvalue weighted by atomic mass is 33.1. The lowest BCUT2D eigenvalue weighted by atomic mass is 10.1. The van der Waals surface area contributed by atoms with Crippen LogP contribution in [-0.2, 0) is 16.1 Å². The van der Waals surface area contributed by atoms with Gasteiger partial charge in [-0.15, -0.1) is 11.8 Å². The largest absolute Gasteiger partial charge is 0.497 e. The van der Waals surface area contributed by atoms with Crippen LogP contribution in [0.2, 0.25) is 0 Å². The van der Waals surface area contributed by atoms with E-state index in [2.05, 4.69) is 5.32 Å². The molecule has 0 bridgehead atoms. The van der Waals surface area contributed by atoms with Crippen LogP contribution in [0.5, 0.6) is 5.75 Å². The molecule has 0 radical (unpaired) electrons. The Hall–Kier alpha value is -2.70. The summed E-state index contributed by atoms with van der Waals surface area (Å²) in [6.07, 6.45) is 0.770. The van der Waals surface area contributed by atoms with Gasteiger partial charge in [-0.3, -0.25) is 24.5 Å². The molecule has 9 nitrogen and oxygen atoms in total. The van der Waals surface area contributed by atoms with Crippen LogP contribution in [0.1, 0.15) is 34.3 Å². The fourth-order valence-corrected chi connectivity index (χ4v) is 6.65. The number of nitrogens with one attached hydrogen (secondary N) is 1. The zero-order valence-electron chi connectivity index (χ0n) is 20.7. The molecule has 1 aliphatic rings. The molecule has 0 aliphatic carbocycles. The van der Waals surface area contributed by atoms with Gasteiger partial charge in [0.05, 0.1) is 12.0 Å². The van der Waals surface area contributed by atoms with Crippen molar-refractivity contribution in [3.05, 3.63) is 63.2 Å². The van der Waals surface area contributed by atoms with E-state index in [9.17, 15) is 24.5 Å². The molecule has 2 aromatic rings. The molecule has 0 saturated carbocycles. The Morgan fingerprint density at radius 1 is 1.16 bits per heavy atom. The van der Waals surface area contributed by atoms with Crippen molar-refractivity contribution in [1.29, 1.82) is 0 Å². The molecule has 3 rings (SSSR count). The van der Waals surface area contributed by atoms with Crippen molar-refractivity contribution in [1.82, 2.24) is 10.2 Å². The Balaban J connectivity index is 1.33. The van der Waals surface area contributed by atoms with Crippen molar-refractivity contribution in [2.75, 3.05) is 37.5 Å². The van der Waals surface area contributed by atoms with Gasteiger partial charge in [0.15, 0.2) is 0 Å². The van der Waals surface area contributed by atoms with Gasteiger partial charge in [0, 0.05) is 54.3 Å². The number of methoxy groups -OCH3 is 1. The summed E-state index contributed by atoms with van der Waals surface area (Å²) in [5.41, 5.74) is 1.54. The second kappa shape index (κ2) is 14.3. The van der Waals surface area contributed by atoms with Gasteiger partial charge < -0.3 is 15.0 Å². The smallest absolute Gasteiger partial charge is 0.290 e. The van der Waals surface area contributed by atoms with E-state index in [1.807, 2.05) is 18.2 Å². The highest BCUT2D eigenvalue weighted by Gasteiger charge is 2.25. The fourth-order valence-electron chi connectivity index (χ4n) is 3.65. The molecule has 198 valence electrons. The molecule has 0 spiro atoms. The first kappa shape index (κ1) is 28.9. The van der Waals surface area contributed by atoms with Gasteiger partial charge >= 0.3 is 0 Å². The maximum atomic E-state index is 12.7. The van der Waals surface area contributed by atoms with Crippen molar-refractivity contribution in [3.8, 4) is 5.75 Å². The number of carbonyl (C=O) groups is 3.